The van der Waals surface area contributed by atoms with Gasteiger partial charge in [-0.1, -0.05) is 0 Å². The number of rotatable bonds is 3. The number of aromatic carboxylic acids is 1. The average molecular weight is 284 g/mol. The second kappa shape index (κ2) is 4.86. The lowest BCUT2D eigenvalue weighted by Gasteiger charge is -2.09. The van der Waals surface area contributed by atoms with Crippen LogP contribution in [0.3, 0.4) is 0 Å². The van der Waals surface area contributed by atoms with Crippen molar-refractivity contribution in [3.05, 3.63) is 42.0 Å². The predicted molar refractivity (Wildman–Crippen MR) is 74.5 cm³/mol. The molecular weight excluding hydrogens is 272 g/mol. The molecule has 0 atom stereocenters. The summed E-state index contributed by atoms with van der Waals surface area (Å²) in [5.41, 5.74) is 1.21. The topological polar surface area (TPSA) is 90.1 Å². The molecule has 0 fully saturated rings. The van der Waals surface area contributed by atoms with Gasteiger partial charge in [0.05, 0.1) is 17.3 Å². The third-order valence-electron chi connectivity index (χ3n) is 3.06. The van der Waals surface area contributed by atoms with E-state index in [0.717, 1.165) is 0 Å². The molecule has 0 spiro atoms. The minimum Gasteiger partial charge on any atom is -0.477 e. The van der Waals surface area contributed by atoms with Crippen LogP contribution in [0, 0.1) is 6.92 Å². The van der Waals surface area contributed by atoms with E-state index in [1.807, 2.05) is 0 Å². The number of fused-ring (bicyclic) bond motifs is 1. The highest BCUT2D eigenvalue weighted by molar-refractivity contribution is 5.99. The second-order valence-electron chi connectivity index (χ2n) is 4.50. The number of hydrogen-bond donors (Lipinski definition) is 1. The van der Waals surface area contributed by atoms with Crippen LogP contribution >= 0.6 is 0 Å². The Kier molecular flexibility index (Phi) is 3.02. The highest BCUT2D eigenvalue weighted by atomic mass is 16.5. The van der Waals surface area contributed by atoms with Crippen molar-refractivity contribution in [1.29, 1.82) is 0 Å². The Balaban J connectivity index is 2.26. The number of pyridine rings is 2. The zero-order chi connectivity index (χ0) is 15.0. The van der Waals surface area contributed by atoms with Crippen molar-refractivity contribution in [2.75, 3.05) is 0 Å². The molecule has 106 valence electrons. The van der Waals surface area contributed by atoms with Gasteiger partial charge in [-0.05, 0) is 19.1 Å². The Morgan fingerprint density at radius 1 is 1.38 bits per heavy atom. The highest BCUT2D eigenvalue weighted by Gasteiger charge is 2.21. The van der Waals surface area contributed by atoms with Gasteiger partial charge in [0.25, 0.3) is 0 Å². The van der Waals surface area contributed by atoms with Crippen LogP contribution in [0.4, 0.5) is 0 Å². The number of aryl methyl sites for hydroxylation is 2. The SMILES string of the molecule is Cc1nn(C)c2ncc(C(=O)O)c(Oc3cccnc3)c12. The predicted octanol–water partition coefficient (Wildman–Crippen LogP) is 2.16. The highest BCUT2D eigenvalue weighted by Crippen LogP contribution is 2.34. The Hall–Kier alpha value is -2.96. The van der Waals surface area contributed by atoms with Crippen LogP contribution in [0.5, 0.6) is 11.5 Å². The van der Waals surface area contributed by atoms with Gasteiger partial charge in [0.1, 0.15) is 11.3 Å². The molecule has 0 saturated carbocycles. The third kappa shape index (κ3) is 2.18. The molecule has 0 radical (unpaired) electrons. The summed E-state index contributed by atoms with van der Waals surface area (Å²) in [5, 5.41) is 14.2. The quantitative estimate of drug-likeness (QED) is 0.792. The maximum Gasteiger partial charge on any atom is 0.341 e. The molecule has 3 heterocycles. The lowest BCUT2D eigenvalue weighted by Crippen LogP contribution is -2.03. The van der Waals surface area contributed by atoms with E-state index in [1.54, 1.807) is 37.0 Å². The van der Waals surface area contributed by atoms with E-state index in [1.165, 1.54) is 12.4 Å². The van der Waals surface area contributed by atoms with Crippen molar-refractivity contribution in [1.82, 2.24) is 19.7 Å². The zero-order valence-corrected chi connectivity index (χ0v) is 11.4. The summed E-state index contributed by atoms with van der Waals surface area (Å²) in [5.74, 6) is -0.423. The van der Waals surface area contributed by atoms with E-state index in [-0.39, 0.29) is 11.3 Å². The van der Waals surface area contributed by atoms with E-state index in [2.05, 4.69) is 15.1 Å². The van der Waals surface area contributed by atoms with Crippen molar-refractivity contribution in [3.8, 4) is 11.5 Å². The van der Waals surface area contributed by atoms with E-state index < -0.39 is 5.97 Å². The van der Waals surface area contributed by atoms with Crippen LogP contribution in [-0.4, -0.2) is 30.8 Å². The molecule has 3 aromatic rings. The number of carboxylic acid groups (broad SMARTS) is 1. The minimum absolute atomic E-state index is 0.0116. The van der Waals surface area contributed by atoms with Gasteiger partial charge in [-0.3, -0.25) is 9.67 Å². The Morgan fingerprint density at radius 3 is 2.86 bits per heavy atom. The number of nitrogens with zero attached hydrogens (tertiary/aromatic N) is 4. The summed E-state index contributed by atoms with van der Waals surface area (Å²) < 4.78 is 7.33. The molecule has 0 aliphatic rings. The van der Waals surface area contributed by atoms with Crippen LogP contribution in [0.25, 0.3) is 11.0 Å². The Morgan fingerprint density at radius 2 is 2.19 bits per heavy atom. The summed E-state index contributed by atoms with van der Waals surface area (Å²) in [6.45, 7) is 1.78. The molecule has 0 aliphatic heterocycles. The molecular formula is C14H12N4O3. The first-order chi connectivity index (χ1) is 10.1. The molecule has 1 N–H and O–H groups in total. The number of ether oxygens (including phenoxy) is 1. The summed E-state index contributed by atoms with van der Waals surface area (Å²) in [4.78, 5) is 19.5. The molecule has 0 amide bonds. The largest absolute Gasteiger partial charge is 0.477 e. The van der Waals surface area contributed by atoms with Crippen molar-refractivity contribution >= 4 is 17.0 Å². The van der Waals surface area contributed by atoms with Gasteiger partial charge in [0, 0.05) is 19.4 Å². The lowest BCUT2D eigenvalue weighted by molar-refractivity contribution is 0.0694. The molecule has 21 heavy (non-hydrogen) atoms. The van der Waals surface area contributed by atoms with E-state index in [0.29, 0.717) is 22.5 Å². The summed E-state index contributed by atoms with van der Waals surface area (Å²) in [6, 6.07) is 3.42. The van der Waals surface area contributed by atoms with E-state index in [4.69, 9.17) is 4.74 Å². The number of hydrogen-bond acceptors (Lipinski definition) is 5. The summed E-state index contributed by atoms with van der Waals surface area (Å²) in [6.07, 6.45) is 4.41. The van der Waals surface area contributed by atoms with Crippen molar-refractivity contribution in [2.45, 2.75) is 6.92 Å². The first-order valence-electron chi connectivity index (χ1n) is 6.21. The normalized spacial score (nSPS) is 10.8. The molecule has 0 aromatic carbocycles. The molecule has 0 bridgehead atoms. The fraction of sp³-hybridized carbons (Fsp3) is 0.143. The van der Waals surface area contributed by atoms with Gasteiger partial charge >= 0.3 is 5.97 Å². The monoisotopic (exact) mass is 284 g/mol. The first kappa shape index (κ1) is 13.0. The van der Waals surface area contributed by atoms with Crippen LogP contribution in [0.1, 0.15) is 16.1 Å². The van der Waals surface area contributed by atoms with Gasteiger partial charge in [-0.15, -0.1) is 0 Å². The third-order valence-corrected chi connectivity index (χ3v) is 3.06. The van der Waals surface area contributed by atoms with Crippen LogP contribution < -0.4 is 4.74 Å². The Bertz CT molecular complexity index is 827. The fourth-order valence-electron chi connectivity index (χ4n) is 2.16. The van der Waals surface area contributed by atoms with Crippen molar-refractivity contribution < 1.29 is 14.6 Å². The molecule has 7 nitrogen and oxygen atoms in total. The molecule has 0 saturated heterocycles. The number of carbonyl (C=O) groups is 1. The minimum atomic E-state index is -1.11. The van der Waals surface area contributed by atoms with Gasteiger partial charge in [0.15, 0.2) is 11.4 Å². The molecule has 0 unspecified atom stereocenters. The van der Waals surface area contributed by atoms with E-state index in [9.17, 15) is 9.90 Å². The molecule has 3 aromatic heterocycles. The average Bonchev–Trinajstić information content (AvgIpc) is 2.75. The van der Waals surface area contributed by atoms with Gasteiger partial charge in [-0.25, -0.2) is 9.78 Å². The fourth-order valence-corrected chi connectivity index (χ4v) is 2.16. The molecule has 7 heteroatoms. The van der Waals surface area contributed by atoms with Crippen LogP contribution in [-0.2, 0) is 7.05 Å². The lowest BCUT2D eigenvalue weighted by atomic mass is 10.1. The van der Waals surface area contributed by atoms with Gasteiger partial charge in [0.2, 0.25) is 0 Å². The molecule has 3 rings (SSSR count). The van der Waals surface area contributed by atoms with Crippen LogP contribution in [0.15, 0.2) is 30.7 Å². The Labute approximate surface area is 119 Å². The smallest absolute Gasteiger partial charge is 0.341 e. The maximum absolute atomic E-state index is 11.4. The number of aromatic nitrogens is 4. The zero-order valence-electron chi connectivity index (χ0n) is 11.4. The van der Waals surface area contributed by atoms with Gasteiger partial charge < -0.3 is 9.84 Å². The van der Waals surface area contributed by atoms with Crippen molar-refractivity contribution in [2.24, 2.45) is 7.05 Å². The van der Waals surface area contributed by atoms with E-state index >= 15 is 0 Å². The summed E-state index contributed by atoms with van der Waals surface area (Å²) in [7, 11) is 1.75. The van der Waals surface area contributed by atoms with Gasteiger partial charge in [-0.2, -0.15) is 5.10 Å². The second-order valence-corrected chi connectivity index (χ2v) is 4.50. The first-order valence-corrected chi connectivity index (χ1v) is 6.21. The maximum atomic E-state index is 11.4. The molecule has 0 aliphatic carbocycles. The standard InChI is InChI=1S/C14H12N4O3/c1-8-11-12(21-9-4-3-5-15-6-9)10(14(19)20)7-16-13(11)18(2)17-8/h3-7H,1-2H3,(H,19,20). The van der Waals surface area contributed by atoms with Crippen LogP contribution in [0.2, 0.25) is 0 Å². The van der Waals surface area contributed by atoms with Crippen molar-refractivity contribution in [3.63, 3.8) is 0 Å². The number of carboxylic acids is 1. The summed E-state index contributed by atoms with van der Waals surface area (Å²) >= 11 is 0.